The van der Waals surface area contributed by atoms with Crippen molar-refractivity contribution in [3.63, 3.8) is 0 Å². The minimum Gasteiger partial charge on any atom is -0.343 e. The van der Waals surface area contributed by atoms with Crippen LogP contribution >= 0.6 is 35.0 Å². The van der Waals surface area contributed by atoms with Crippen molar-refractivity contribution in [2.45, 2.75) is 6.04 Å². The first-order valence-electron chi connectivity index (χ1n) is 5.20. The lowest BCUT2D eigenvalue weighted by Gasteiger charge is -2.22. The van der Waals surface area contributed by atoms with E-state index in [1.807, 2.05) is 0 Å². The summed E-state index contributed by atoms with van der Waals surface area (Å²) in [6.07, 6.45) is 0. The predicted molar refractivity (Wildman–Crippen MR) is 74.3 cm³/mol. The van der Waals surface area contributed by atoms with Gasteiger partial charge in [-0.2, -0.15) is 0 Å². The predicted octanol–water partition coefficient (Wildman–Crippen LogP) is 2.16. The van der Waals surface area contributed by atoms with Gasteiger partial charge in [-0.05, 0) is 12.1 Å². The molecule has 1 heterocycles. The standard InChI is InChI=1S/C11H10Cl2N2O2S/c12-6-2-1-3-7(10(6)13)15-11(17)8-4-18-5-9(16)14-8/h1-3,8H,4-5H2,(H,14,16)(H,15,17). The number of anilines is 1. The molecule has 0 saturated carbocycles. The van der Waals surface area contributed by atoms with Gasteiger partial charge in [-0.1, -0.05) is 29.3 Å². The fourth-order valence-electron chi connectivity index (χ4n) is 1.51. The number of benzene rings is 1. The number of thioether (sulfide) groups is 1. The number of carbonyl (C=O) groups excluding carboxylic acids is 2. The third-order valence-corrected chi connectivity index (χ3v) is 4.23. The van der Waals surface area contributed by atoms with E-state index in [-0.39, 0.29) is 11.8 Å². The molecule has 0 spiro atoms. The summed E-state index contributed by atoms with van der Waals surface area (Å²) >= 11 is 13.2. The monoisotopic (exact) mass is 304 g/mol. The lowest BCUT2D eigenvalue weighted by atomic mass is 10.2. The van der Waals surface area contributed by atoms with Gasteiger partial charge in [-0.15, -0.1) is 11.8 Å². The second-order valence-electron chi connectivity index (χ2n) is 3.73. The Morgan fingerprint density at radius 2 is 2.22 bits per heavy atom. The summed E-state index contributed by atoms with van der Waals surface area (Å²) < 4.78 is 0. The van der Waals surface area contributed by atoms with Crippen molar-refractivity contribution in [2.24, 2.45) is 0 Å². The van der Waals surface area contributed by atoms with Gasteiger partial charge >= 0.3 is 0 Å². The van der Waals surface area contributed by atoms with Crippen LogP contribution in [-0.4, -0.2) is 29.4 Å². The lowest BCUT2D eigenvalue weighted by Crippen LogP contribution is -2.49. The van der Waals surface area contributed by atoms with Crippen LogP contribution in [0.5, 0.6) is 0 Å². The second kappa shape index (κ2) is 5.82. The van der Waals surface area contributed by atoms with Crippen LogP contribution in [0.1, 0.15) is 0 Å². The SMILES string of the molecule is O=C1CSCC(C(=O)Nc2cccc(Cl)c2Cl)N1. The van der Waals surface area contributed by atoms with Gasteiger partial charge in [0.25, 0.3) is 0 Å². The van der Waals surface area contributed by atoms with Gasteiger partial charge in [0, 0.05) is 5.75 Å². The molecule has 96 valence electrons. The van der Waals surface area contributed by atoms with Crippen LogP contribution in [0.2, 0.25) is 10.0 Å². The number of hydrogen-bond acceptors (Lipinski definition) is 3. The van der Waals surface area contributed by atoms with Crippen LogP contribution in [0.15, 0.2) is 18.2 Å². The van der Waals surface area contributed by atoms with Crippen LogP contribution in [0.4, 0.5) is 5.69 Å². The van der Waals surface area contributed by atoms with Gasteiger partial charge in [-0.3, -0.25) is 9.59 Å². The van der Waals surface area contributed by atoms with Gasteiger partial charge in [0.05, 0.1) is 21.5 Å². The van der Waals surface area contributed by atoms with E-state index in [9.17, 15) is 9.59 Å². The molecule has 1 fully saturated rings. The number of amides is 2. The average molecular weight is 305 g/mol. The van der Waals surface area contributed by atoms with Gasteiger partial charge < -0.3 is 10.6 Å². The Bertz CT molecular complexity index is 496. The van der Waals surface area contributed by atoms with E-state index in [0.29, 0.717) is 27.2 Å². The summed E-state index contributed by atoms with van der Waals surface area (Å²) in [5.74, 6) is 0.514. The van der Waals surface area contributed by atoms with E-state index in [4.69, 9.17) is 23.2 Å². The van der Waals surface area contributed by atoms with Crippen molar-refractivity contribution in [3.05, 3.63) is 28.2 Å². The fourth-order valence-corrected chi connectivity index (χ4v) is 2.71. The molecule has 2 rings (SSSR count). The van der Waals surface area contributed by atoms with E-state index >= 15 is 0 Å². The van der Waals surface area contributed by atoms with Crippen LogP contribution in [0, 0.1) is 0 Å². The van der Waals surface area contributed by atoms with E-state index < -0.39 is 6.04 Å². The van der Waals surface area contributed by atoms with Crippen LogP contribution in [0.25, 0.3) is 0 Å². The van der Waals surface area contributed by atoms with Crippen molar-refractivity contribution in [1.29, 1.82) is 0 Å². The van der Waals surface area contributed by atoms with E-state index in [0.717, 1.165) is 0 Å². The molecule has 1 unspecified atom stereocenters. The Morgan fingerprint density at radius 1 is 1.44 bits per heavy atom. The van der Waals surface area contributed by atoms with Gasteiger partial charge in [-0.25, -0.2) is 0 Å². The Balaban J connectivity index is 2.07. The third kappa shape index (κ3) is 3.10. The minimum absolute atomic E-state index is 0.136. The van der Waals surface area contributed by atoms with E-state index in [1.165, 1.54) is 11.8 Å². The largest absolute Gasteiger partial charge is 0.343 e. The van der Waals surface area contributed by atoms with E-state index in [1.54, 1.807) is 18.2 Å². The Hall–Kier alpha value is -0.910. The minimum atomic E-state index is -0.536. The first-order valence-corrected chi connectivity index (χ1v) is 7.11. The number of rotatable bonds is 2. The molecular weight excluding hydrogens is 295 g/mol. The molecule has 0 radical (unpaired) electrons. The first-order chi connectivity index (χ1) is 8.58. The molecule has 1 aromatic carbocycles. The molecule has 0 aromatic heterocycles. The highest BCUT2D eigenvalue weighted by molar-refractivity contribution is 8.00. The molecule has 1 aliphatic rings. The summed E-state index contributed by atoms with van der Waals surface area (Å²) in [4.78, 5) is 23.1. The van der Waals surface area contributed by atoms with E-state index in [2.05, 4.69) is 10.6 Å². The second-order valence-corrected chi connectivity index (χ2v) is 5.54. The van der Waals surface area contributed by atoms with Crippen LogP contribution in [-0.2, 0) is 9.59 Å². The smallest absolute Gasteiger partial charge is 0.247 e. The highest BCUT2D eigenvalue weighted by Crippen LogP contribution is 2.29. The summed E-state index contributed by atoms with van der Waals surface area (Å²) in [5, 5.41) is 5.95. The highest BCUT2D eigenvalue weighted by Gasteiger charge is 2.25. The molecule has 1 aliphatic heterocycles. The zero-order valence-corrected chi connectivity index (χ0v) is 11.5. The molecule has 2 N–H and O–H groups in total. The summed E-state index contributed by atoms with van der Waals surface area (Å²) in [5.41, 5.74) is 0.444. The van der Waals surface area contributed by atoms with Crippen molar-refractivity contribution in [1.82, 2.24) is 5.32 Å². The van der Waals surface area contributed by atoms with Crippen LogP contribution in [0.3, 0.4) is 0 Å². The van der Waals surface area contributed by atoms with Crippen molar-refractivity contribution < 1.29 is 9.59 Å². The molecule has 18 heavy (non-hydrogen) atoms. The Morgan fingerprint density at radius 3 is 2.94 bits per heavy atom. The maximum absolute atomic E-state index is 11.9. The molecule has 1 atom stereocenters. The number of carbonyl (C=O) groups is 2. The Labute approximate surface area is 118 Å². The first kappa shape index (κ1) is 13.5. The molecule has 7 heteroatoms. The zero-order chi connectivity index (χ0) is 13.1. The summed E-state index contributed by atoms with van der Waals surface area (Å²) in [6.45, 7) is 0. The zero-order valence-electron chi connectivity index (χ0n) is 9.20. The number of halogens is 2. The molecule has 0 bridgehead atoms. The number of nitrogens with one attached hydrogen (secondary N) is 2. The Kier molecular flexibility index (Phi) is 4.37. The average Bonchev–Trinajstić information content (AvgIpc) is 2.35. The summed E-state index contributed by atoms with van der Waals surface area (Å²) in [7, 11) is 0. The fraction of sp³-hybridized carbons (Fsp3) is 0.273. The molecule has 0 aliphatic carbocycles. The maximum atomic E-state index is 11.9. The van der Waals surface area contributed by atoms with Crippen molar-refractivity contribution >= 4 is 52.5 Å². The molecule has 1 saturated heterocycles. The maximum Gasteiger partial charge on any atom is 0.247 e. The van der Waals surface area contributed by atoms with Crippen molar-refractivity contribution in [3.8, 4) is 0 Å². The normalized spacial score (nSPS) is 19.2. The molecular formula is C11H10Cl2N2O2S. The van der Waals surface area contributed by atoms with Crippen LogP contribution < -0.4 is 10.6 Å². The van der Waals surface area contributed by atoms with Gasteiger partial charge in [0.2, 0.25) is 11.8 Å². The van der Waals surface area contributed by atoms with Gasteiger partial charge in [0.15, 0.2) is 0 Å². The molecule has 1 aromatic rings. The summed E-state index contributed by atoms with van der Waals surface area (Å²) in [6, 6.07) is 4.45. The topological polar surface area (TPSA) is 58.2 Å². The third-order valence-electron chi connectivity index (χ3n) is 2.38. The number of hydrogen-bond donors (Lipinski definition) is 2. The van der Waals surface area contributed by atoms with Crippen molar-refractivity contribution in [2.75, 3.05) is 16.8 Å². The highest BCUT2D eigenvalue weighted by atomic mass is 35.5. The molecule has 2 amide bonds. The van der Waals surface area contributed by atoms with Gasteiger partial charge in [0.1, 0.15) is 6.04 Å². The lowest BCUT2D eigenvalue weighted by molar-refractivity contribution is -0.124. The quantitative estimate of drug-likeness (QED) is 0.880. The molecule has 4 nitrogen and oxygen atoms in total.